The smallest absolute Gasteiger partial charge is 0.346 e. The first-order valence-electron chi connectivity index (χ1n) is 11.3. The van der Waals surface area contributed by atoms with E-state index < -0.39 is 98.2 Å². The lowest BCUT2D eigenvalue weighted by Crippen LogP contribution is -2.19. The van der Waals surface area contributed by atoms with Crippen molar-refractivity contribution in [3.05, 3.63) is 105 Å². The number of benzene rings is 3. The van der Waals surface area contributed by atoms with Gasteiger partial charge >= 0.3 is 53.7 Å². The Labute approximate surface area is 242 Å². The fourth-order valence-electron chi connectivity index (χ4n) is 3.30. The lowest BCUT2D eigenvalue weighted by molar-refractivity contribution is 0.0384. The number of hydrogen-bond donors (Lipinski definition) is 7. The van der Waals surface area contributed by atoms with Gasteiger partial charge in [-0.25, -0.2) is 43.2 Å². The topological polar surface area (TPSA) is 304 Å². The molecule has 17 heteroatoms. The van der Waals surface area contributed by atoms with Gasteiger partial charge in [0.15, 0.2) is 0 Å². The molecule has 0 saturated heterocycles. The number of hydrogen-bond acceptors (Lipinski definition) is 10. The Morgan fingerprint density at radius 3 is 0.841 bits per heavy atom. The van der Waals surface area contributed by atoms with Gasteiger partial charge in [-0.15, -0.1) is 0 Å². The Hall–Kier alpha value is -6.91. The molecule has 0 atom stereocenters. The summed E-state index contributed by atoms with van der Waals surface area (Å²) in [5.74, 6) is -13.4. The highest BCUT2D eigenvalue weighted by Gasteiger charge is 2.26. The highest BCUT2D eigenvalue weighted by Crippen LogP contribution is 2.18. The third-order valence-electron chi connectivity index (χ3n) is 5.35. The largest absolute Gasteiger partial charge is 0.478 e. The molecule has 0 aliphatic rings. The second-order valence-electron chi connectivity index (χ2n) is 8.09. The van der Waals surface area contributed by atoms with Crippen molar-refractivity contribution >= 4 is 53.7 Å². The summed E-state index contributed by atoms with van der Waals surface area (Å²) < 4.78 is 4.51. The van der Waals surface area contributed by atoms with Crippen LogP contribution in [0.25, 0.3) is 0 Å². The SMILES string of the molecule is O=C(O)c1ccc(C(=O)O)c(C(=O)O)c1.O=C(O)c1ccc(C(=O)OC(=O)c2ccc(C(=O)O)cc2C(=O)O)c(C(=O)O)c1. The molecule has 0 bridgehead atoms. The van der Waals surface area contributed by atoms with E-state index >= 15 is 0 Å². The van der Waals surface area contributed by atoms with Crippen LogP contribution in [0.2, 0.25) is 0 Å². The van der Waals surface area contributed by atoms with E-state index in [1.807, 2.05) is 0 Å². The van der Waals surface area contributed by atoms with Crippen LogP contribution in [0, 0.1) is 0 Å². The van der Waals surface area contributed by atoms with Crippen LogP contribution in [-0.2, 0) is 4.74 Å². The van der Waals surface area contributed by atoms with Gasteiger partial charge in [0, 0.05) is 0 Å². The molecule has 0 spiro atoms. The number of carbonyl (C=O) groups excluding carboxylic acids is 2. The Bertz CT molecular complexity index is 1680. The first-order chi connectivity index (χ1) is 20.5. The number of esters is 2. The van der Waals surface area contributed by atoms with Crippen molar-refractivity contribution in [3.63, 3.8) is 0 Å². The van der Waals surface area contributed by atoms with Gasteiger partial charge in [-0.3, -0.25) is 0 Å². The van der Waals surface area contributed by atoms with Crippen LogP contribution in [-0.4, -0.2) is 89.5 Å². The summed E-state index contributed by atoms with van der Waals surface area (Å²) in [7, 11) is 0. The van der Waals surface area contributed by atoms with Crippen LogP contribution >= 0.6 is 0 Å². The Morgan fingerprint density at radius 1 is 0.341 bits per heavy atom. The minimum Gasteiger partial charge on any atom is -0.478 e. The monoisotopic (exact) mass is 612 g/mol. The first-order valence-corrected chi connectivity index (χ1v) is 11.3. The highest BCUT2D eigenvalue weighted by molar-refractivity contribution is 6.11. The van der Waals surface area contributed by atoms with Gasteiger partial charge in [0.1, 0.15) is 0 Å². The summed E-state index contributed by atoms with van der Waals surface area (Å²) in [6, 6.07) is 7.68. The lowest BCUT2D eigenvalue weighted by Gasteiger charge is -2.09. The number of carboxylic acids is 7. The van der Waals surface area contributed by atoms with Crippen LogP contribution < -0.4 is 0 Å². The lowest BCUT2D eigenvalue weighted by atomic mass is 10.0. The van der Waals surface area contributed by atoms with Crippen LogP contribution in [0.15, 0.2) is 54.6 Å². The van der Waals surface area contributed by atoms with E-state index in [-0.39, 0.29) is 5.56 Å². The quantitative estimate of drug-likeness (QED) is 0.134. The fraction of sp³-hybridized carbons (Fsp3) is 0. The van der Waals surface area contributed by atoms with Gasteiger partial charge in [0.25, 0.3) is 0 Å². The number of carboxylic acid groups (broad SMARTS) is 7. The fourth-order valence-corrected chi connectivity index (χ4v) is 3.30. The van der Waals surface area contributed by atoms with Crippen LogP contribution in [0.4, 0.5) is 0 Å². The molecule has 0 aliphatic carbocycles. The number of rotatable bonds is 9. The van der Waals surface area contributed by atoms with Crippen molar-refractivity contribution in [2.75, 3.05) is 0 Å². The summed E-state index contributed by atoms with van der Waals surface area (Å²) >= 11 is 0. The van der Waals surface area contributed by atoms with E-state index in [4.69, 9.17) is 35.7 Å². The molecule has 44 heavy (non-hydrogen) atoms. The second-order valence-corrected chi connectivity index (χ2v) is 8.09. The van der Waals surface area contributed by atoms with Crippen molar-refractivity contribution < 1.29 is 83.6 Å². The van der Waals surface area contributed by atoms with Gasteiger partial charge in [0.05, 0.1) is 50.1 Å². The van der Waals surface area contributed by atoms with E-state index in [0.29, 0.717) is 12.1 Å². The zero-order chi connectivity index (χ0) is 33.5. The molecule has 3 aromatic carbocycles. The molecule has 0 aliphatic heterocycles. The molecule has 17 nitrogen and oxygen atoms in total. The minimum atomic E-state index is -1.66. The molecule has 226 valence electrons. The van der Waals surface area contributed by atoms with E-state index in [0.717, 1.165) is 42.5 Å². The zero-order valence-electron chi connectivity index (χ0n) is 21.4. The van der Waals surface area contributed by atoms with Crippen molar-refractivity contribution in [3.8, 4) is 0 Å². The summed E-state index contributed by atoms with van der Waals surface area (Å²) in [5.41, 5.74) is -4.88. The Kier molecular flexibility index (Phi) is 10.3. The van der Waals surface area contributed by atoms with Gasteiger partial charge < -0.3 is 40.5 Å². The molecule has 0 saturated carbocycles. The molecule has 0 aromatic heterocycles. The van der Waals surface area contributed by atoms with Crippen LogP contribution in [0.1, 0.15) is 93.2 Å². The predicted molar refractivity (Wildman–Crippen MR) is 138 cm³/mol. The van der Waals surface area contributed by atoms with E-state index in [1.165, 1.54) is 0 Å². The standard InChI is InChI=1S/C18H10O11.C9H6O6/c19-13(20)7-1-3-9(11(5-7)15(23)24)17(27)29-18(28)10-4-2-8(14(21)22)6-12(10)16(25)26;10-7(11)4-1-2-5(8(12)13)6(3-4)9(14)15/h1-6H,(H,19,20)(H,21,22)(H,23,24)(H,25,26);1-3H,(H,10,11)(H,12,13)(H,14,15). The molecule has 7 N–H and O–H groups in total. The van der Waals surface area contributed by atoms with Gasteiger partial charge in [-0.2, -0.15) is 0 Å². The summed E-state index contributed by atoms with van der Waals surface area (Å²) in [6.45, 7) is 0. The average molecular weight is 612 g/mol. The minimum absolute atomic E-state index is 0.266. The van der Waals surface area contributed by atoms with Crippen LogP contribution in [0.5, 0.6) is 0 Å². The molecular weight excluding hydrogens is 596 g/mol. The molecule has 0 fully saturated rings. The number of carbonyl (C=O) groups is 9. The van der Waals surface area contributed by atoms with Crippen molar-refractivity contribution in [1.82, 2.24) is 0 Å². The van der Waals surface area contributed by atoms with E-state index in [9.17, 15) is 43.2 Å². The maximum atomic E-state index is 12.2. The van der Waals surface area contributed by atoms with Gasteiger partial charge in [-0.05, 0) is 54.6 Å². The number of ether oxygens (including phenoxy) is 1. The Morgan fingerprint density at radius 2 is 0.591 bits per heavy atom. The third-order valence-corrected chi connectivity index (χ3v) is 5.35. The normalized spacial score (nSPS) is 9.91. The average Bonchev–Trinajstić information content (AvgIpc) is 2.95. The van der Waals surface area contributed by atoms with Crippen molar-refractivity contribution in [2.45, 2.75) is 0 Å². The van der Waals surface area contributed by atoms with E-state index in [1.54, 1.807) is 0 Å². The second kappa shape index (κ2) is 13.6. The molecule has 3 aromatic rings. The molecule has 0 radical (unpaired) electrons. The highest BCUT2D eigenvalue weighted by atomic mass is 16.6. The predicted octanol–water partition coefficient (Wildman–Crippen LogP) is 2.26. The summed E-state index contributed by atoms with van der Waals surface area (Å²) in [4.78, 5) is 101. The molecular formula is C27H16O17. The maximum absolute atomic E-state index is 12.2. The van der Waals surface area contributed by atoms with E-state index in [2.05, 4.69) is 4.74 Å². The first kappa shape index (κ1) is 33.3. The summed E-state index contributed by atoms with van der Waals surface area (Å²) in [5, 5.41) is 62.0. The molecule has 0 unspecified atom stereocenters. The Balaban J connectivity index is 0.000000378. The third kappa shape index (κ3) is 7.85. The zero-order valence-corrected chi connectivity index (χ0v) is 21.4. The van der Waals surface area contributed by atoms with Gasteiger partial charge in [-0.1, -0.05) is 0 Å². The molecule has 3 rings (SSSR count). The molecule has 0 heterocycles. The molecule has 0 amide bonds. The van der Waals surface area contributed by atoms with Crippen molar-refractivity contribution in [2.24, 2.45) is 0 Å². The maximum Gasteiger partial charge on any atom is 0.346 e. The van der Waals surface area contributed by atoms with Gasteiger partial charge in [0.2, 0.25) is 0 Å². The van der Waals surface area contributed by atoms with Crippen LogP contribution in [0.3, 0.4) is 0 Å². The van der Waals surface area contributed by atoms with Crippen molar-refractivity contribution in [1.29, 1.82) is 0 Å². The number of aromatic carboxylic acids is 7. The summed E-state index contributed by atoms with van der Waals surface area (Å²) in [6.07, 6.45) is 0.